The topological polar surface area (TPSA) is 80.2 Å². The first kappa shape index (κ1) is 20.9. The molecule has 1 aromatic heterocycles. The van der Waals surface area contributed by atoms with E-state index in [2.05, 4.69) is 20.5 Å². The molecule has 160 valence electrons. The van der Waals surface area contributed by atoms with Gasteiger partial charge in [-0.05, 0) is 42.0 Å². The molecule has 0 fully saturated rings. The standard InChI is InChI=1S/C23H16Cl2N4O2S/c24-14-7-5-13(6-8-14)12-32-23-27-22-20(28-29-23)16-3-1-2-4-19(16)26-21(31-22)17-11-15(30)9-10-18(17)25/h1-11,21,26,30H,12H2/t21-/m1/s1. The third-order valence-electron chi connectivity index (χ3n) is 4.88. The number of hydrogen-bond donors (Lipinski definition) is 2. The second-order valence-corrected chi connectivity index (χ2v) is 8.84. The number of phenolic OH excluding ortho intramolecular Hbond substituents is 1. The molecule has 1 aliphatic heterocycles. The van der Waals surface area contributed by atoms with Crippen LogP contribution >= 0.6 is 35.0 Å². The number of rotatable bonds is 4. The molecule has 4 aromatic rings. The van der Waals surface area contributed by atoms with Crippen LogP contribution in [-0.2, 0) is 5.75 Å². The lowest BCUT2D eigenvalue weighted by Crippen LogP contribution is -2.17. The fourth-order valence-electron chi connectivity index (χ4n) is 3.31. The molecule has 2 N–H and O–H groups in total. The Morgan fingerprint density at radius 1 is 1.00 bits per heavy atom. The Bertz CT molecular complexity index is 1290. The maximum Gasteiger partial charge on any atom is 0.247 e. The predicted molar refractivity (Wildman–Crippen MR) is 126 cm³/mol. The van der Waals surface area contributed by atoms with E-state index in [9.17, 15) is 5.11 Å². The molecule has 32 heavy (non-hydrogen) atoms. The lowest BCUT2D eigenvalue weighted by molar-refractivity contribution is 0.225. The molecule has 5 rings (SSSR count). The first-order chi connectivity index (χ1) is 15.6. The van der Waals surface area contributed by atoms with E-state index in [0.29, 0.717) is 38.1 Å². The summed E-state index contributed by atoms with van der Waals surface area (Å²) in [6.07, 6.45) is -0.678. The number of benzene rings is 3. The second-order valence-electron chi connectivity index (χ2n) is 7.06. The van der Waals surface area contributed by atoms with E-state index in [0.717, 1.165) is 16.8 Å². The summed E-state index contributed by atoms with van der Waals surface area (Å²) in [5.74, 6) is 1.09. The zero-order valence-corrected chi connectivity index (χ0v) is 18.8. The summed E-state index contributed by atoms with van der Waals surface area (Å²) in [5, 5.41) is 23.7. The molecule has 6 nitrogen and oxygen atoms in total. The number of aromatic nitrogens is 3. The fourth-order valence-corrected chi connectivity index (χ4v) is 4.39. The van der Waals surface area contributed by atoms with Gasteiger partial charge in [0.05, 0.1) is 0 Å². The van der Waals surface area contributed by atoms with Gasteiger partial charge in [0.2, 0.25) is 11.0 Å². The number of nitrogens with zero attached hydrogens (tertiary/aromatic N) is 3. The maximum atomic E-state index is 9.98. The Balaban J connectivity index is 1.50. The van der Waals surface area contributed by atoms with Crippen molar-refractivity contribution in [2.45, 2.75) is 17.1 Å². The molecule has 0 radical (unpaired) electrons. The largest absolute Gasteiger partial charge is 0.508 e. The molecule has 0 amide bonds. The van der Waals surface area contributed by atoms with E-state index in [1.54, 1.807) is 12.1 Å². The van der Waals surface area contributed by atoms with Crippen molar-refractivity contribution in [2.24, 2.45) is 0 Å². The number of ether oxygens (including phenoxy) is 1. The minimum atomic E-state index is -0.678. The maximum absolute atomic E-state index is 9.98. The Morgan fingerprint density at radius 2 is 1.81 bits per heavy atom. The molecular weight excluding hydrogens is 467 g/mol. The van der Waals surface area contributed by atoms with Gasteiger partial charge in [0.25, 0.3) is 0 Å². The van der Waals surface area contributed by atoms with Gasteiger partial charge in [-0.1, -0.05) is 65.3 Å². The smallest absolute Gasteiger partial charge is 0.247 e. The molecule has 0 spiro atoms. The van der Waals surface area contributed by atoms with Gasteiger partial charge in [-0.25, -0.2) is 0 Å². The molecule has 1 atom stereocenters. The molecular formula is C23H16Cl2N4O2S. The van der Waals surface area contributed by atoms with Crippen molar-refractivity contribution in [3.05, 3.63) is 87.9 Å². The van der Waals surface area contributed by atoms with Crippen molar-refractivity contribution in [3.63, 3.8) is 0 Å². The highest BCUT2D eigenvalue weighted by atomic mass is 35.5. The van der Waals surface area contributed by atoms with Crippen LogP contribution in [0.1, 0.15) is 17.4 Å². The molecule has 1 aliphatic rings. The van der Waals surface area contributed by atoms with Gasteiger partial charge < -0.3 is 15.2 Å². The number of aromatic hydroxyl groups is 1. The number of para-hydroxylation sites is 1. The van der Waals surface area contributed by atoms with E-state index in [-0.39, 0.29) is 5.75 Å². The van der Waals surface area contributed by atoms with Crippen LogP contribution in [0.4, 0.5) is 5.69 Å². The third kappa shape index (κ3) is 4.32. The third-order valence-corrected chi connectivity index (χ3v) is 6.38. The molecule has 2 heterocycles. The summed E-state index contributed by atoms with van der Waals surface area (Å²) >= 11 is 13.8. The second kappa shape index (κ2) is 8.86. The van der Waals surface area contributed by atoms with Crippen LogP contribution in [0, 0.1) is 0 Å². The van der Waals surface area contributed by atoms with Crippen molar-refractivity contribution in [2.75, 3.05) is 5.32 Å². The van der Waals surface area contributed by atoms with Crippen LogP contribution in [0.5, 0.6) is 11.6 Å². The lowest BCUT2D eigenvalue weighted by Gasteiger charge is -2.20. The van der Waals surface area contributed by atoms with Gasteiger partial charge in [-0.3, -0.25) is 0 Å². The summed E-state index contributed by atoms with van der Waals surface area (Å²) in [5.41, 5.74) is 3.82. The van der Waals surface area contributed by atoms with Gasteiger partial charge >= 0.3 is 0 Å². The number of anilines is 1. The Labute approximate surface area is 198 Å². The normalized spacial score (nSPS) is 14.5. The van der Waals surface area contributed by atoms with Crippen LogP contribution in [0.2, 0.25) is 10.0 Å². The summed E-state index contributed by atoms with van der Waals surface area (Å²) in [4.78, 5) is 4.63. The minimum Gasteiger partial charge on any atom is -0.508 e. The van der Waals surface area contributed by atoms with Crippen molar-refractivity contribution in [3.8, 4) is 22.9 Å². The van der Waals surface area contributed by atoms with Crippen molar-refractivity contribution in [1.82, 2.24) is 15.2 Å². The van der Waals surface area contributed by atoms with Gasteiger partial charge in [0, 0.05) is 32.6 Å². The van der Waals surface area contributed by atoms with Crippen molar-refractivity contribution >= 4 is 40.7 Å². The van der Waals surface area contributed by atoms with Crippen LogP contribution in [0.15, 0.2) is 71.9 Å². The zero-order valence-electron chi connectivity index (χ0n) is 16.5. The molecule has 0 unspecified atom stereocenters. The predicted octanol–water partition coefficient (Wildman–Crippen LogP) is 6.35. The lowest BCUT2D eigenvalue weighted by atomic mass is 10.1. The number of phenols is 1. The van der Waals surface area contributed by atoms with Gasteiger partial charge in [-0.15, -0.1) is 10.2 Å². The van der Waals surface area contributed by atoms with Gasteiger partial charge in [-0.2, -0.15) is 4.98 Å². The van der Waals surface area contributed by atoms with Crippen LogP contribution in [0.3, 0.4) is 0 Å². The first-order valence-electron chi connectivity index (χ1n) is 9.70. The summed E-state index contributed by atoms with van der Waals surface area (Å²) in [7, 11) is 0. The Kier molecular flexibility index (Phi) is 5.78. The molecule has 0 saturated heterocycles. The minimum absolute atomic E-state index is 0.0903. The number of nitrogens with one attached hydrogen (secondary N) is 1. The number of hydrogen-bond acceptors (Lipinski definition) is 7. The van der Waals surface area contributed by atoms with Crippen LogP contribution in [-0.4, -0.2) is 20.3 Å². The number of thioether (sulfide) groups is 1. The summed E-state index contributed by atoms with van der Waals surface area (Å²) < 4.78 is 6.22. The van der Waals surface area contributed by atoms with Crippen molar-refractivity contribution < 1.29 is 9.84 Å². The summed E-state index contributed by atoms with van der Waals surface area (Å²) in [6, 6.07) is 20.0. The van der Waals surface area contributed by atoms with Crippen molar-refractivity contribution in [1.29, 1.82) is 0 Å². The Morgan fingerprint density at radius 3 is 2.66 bits per heavy atom. The van der Waals surface area contributed by atoms with E-state index >= 15 is 0 Å². The van der Waals surface area contributed by atoms with E-state index in [1.165, 1.54) is 17.8 Å². The fraction of sp³-hybridized carbons (Fsp3) is 0.0870. The van der Waals surface area contributed by atoms with Gasteiger partial charge in [0.15, 0.2) is 11.9 Å². The first-order valence-corrected chi connectivity index (χ1v) is 11.4. The molecule has 9 heteroatoms. The average molecular weight is 483 g/mol. The Hall–Kier alpha value is -3.00. The average Bonchev–Trinajstić information content (AvgIpc) is 2.96. The van der Waals surface area contributed by atoms with E-state index in [1.807, 2.05) is 48.5 Å². The van der Waals surface area contributed by atoms with Crippen LogP contribution < -0.4 is 10.1 Å². The monoisotopic (exact) mass is 482 g/mol. The van der Waals surface area contributed by atoms with Gasteiger partial charge in [0.1, 0.15) is 5.75 Å². The highest BCUT2D eigenvalue weighted by Gasteiger charge is 2.27. The highest BCUT2D eigenvalue weighted by Crippen LogP contribution is 2.41. The summed E-state index contributed by atoms with van der Waals surface area (Å²) in [6.45, 7) is 0. The molecule has 0 bridgehead atoms. The quantitative estimate of drug-likeness (QED) is 0.328. The molecule has 3 aromatic carbocycles. The van der Waals surface area contributed by atoms with Crippen LogP contribution in [0.25, 0.3) is 11.3 Å². The zero-order chi connectivity index (χ0) is 22.1. The highest BCUT2D eigenvalue weighted by molar-refractivity contribution is 7.98. The van der Waals surface area contributed by atoms with E-state index < -0.39 is 6.23 Å². The van der Waals surface area contributed by atoms with E-state index in [4.69, 9.17) is 27.9 Å². The number of fused-ring (bicyclic) bond motifs is 3. The SMILES string of the molecule is Oc1ccc(Cl)c([C@@H]2Nc3ccccc3-c3nnc(SCc4ccc(Cl)cc4)nc3O2)c1. The number of halogens is 2. The molecule has 0 saturated carbocycles. The molecule has 0 aliphatic carbocycles.